The molecule has 0 saturated carbocycles. The molecule has 41 heavy (non-hydrogen) atoms. The Morgan fingerprint density at radius 3 is 1.34 bits per heavy atom. The van der Waals surface area contributed by atoms with Crippen molar-refractivity contribution in [1.82, 2.24) is 0 Å². The molecule has 5 aromatic carbocycles. The van der Waals surface area contributed by atoms with Gasteiger partial charge in [-0.05, 0) is 0 Å². The second-order valence-corrected chi connectivity index (χ2v) is 14.9. The minimum atomic E-state index is -3.82. The Bertz CT molecular complexity index is 1650. The first-order valence-electron chi connectivity index (χ1n) is 14.0. The van der Waals surface area contributed by atoms with Crippen molar-refractivity contribution in [3.8, 4) is 0 Å². The third-order valence-electron chi connectivity index (χ3n) is 7.90. The van der Waals surface area contributed by atoms with Gasteiger partial charge in [0.15, 0.2) is 0 Å². The number of rotatable bonds is 6. The number of nitrogens with zero attached hydrogens (tertiary/aromatic N) is 1. The van der Waals surface area contributed by atoms with Crippen LogP contribution >= 0.6 is 6.83 Å². The summed E-state index contributed by atoms with van der Waals surface area (Å²) in [6.45, 7) is 2.59. The van der Waals surface area contributed by atoms with Gasteiger partial charge in [0.25, 0.3) is 0 Å². The average Bonchev–Trinajstić information content (AvgIpc) is 3.32. The van der Waals surface area contributed by atoms with Crippen LogP contribution in [0.1, 0.15) is 31.9 Å². The Labute approximate surface area is 243 Å². The van der Waals surface area contributed by atoms with Crippen molar-refractivity contribution in [1.29, 1.82) is 0 Å². The third kappa shape index (κ3) is 4.19. The van der Waals surface area contributed by atoms with Crippen molar-refractivity contribution < 1.29 is 4.52 Å². The molecule has 0 N–H and O–H groups in total. The van der Waals surface area contributed by atoms with E-state index in [9.17, 15) is 0 Å². The molecule has 0 fully saturated rings. The molecule has 2 nitrogen and oxygen atoms in total. The van der Waals surface area contributed by atoms with Gasteiger partial charge in [0.1, 0.15) is 0 Å². The summed E-state index contributed by atoms with van der Waals surface area (Å²) in [5, 5.41) is 4.65. The van der Waals surface area contributed by atoms with Crippen molar-refractivity contribution >= 4 is 39.7 Å². The van der Waals surface area contributed by atoms with Crippen molar-refractivity contribution in [2.75, 3.05) is 0 Å². The average molecular weight is 552 g/mol. The van der Waals surface area contributed by atoms with Crippen LogP contribution in [0.4, 0.5) is 0 Å². The molecule has 5 aromatic rings. The molecule has 202 valence electrons. The molecule has 0 aliphatic carbocycles. The van der Waals surface area contributed by atoms with Crippen molar-refractivity contribution in [3.63, 3.8) is 0 Å². The van der Waals surface area contributed by atoms with Gasteiger partial charge in [0, 0.05) is 0 Å². The van der Waals surface area contributed by atoms with Gasteiger partial charge < -0.3 is 0 Å². The normalized spacial score (nSPS) is 17.3. The zero-order valence-electron chi connectivity index (χ0n) is 23.7. The van der Waals surface area contributed by atoms with E-state index in [1.54, 1.807) is 0 Å². The molecule has 1 heterocycles. The van der Waals surface area contributed by atoms with Gasteiger partial charge in [0.05, 0.1) is 0 Å². The first kappa shape index (κ1) is 26.7. The summed E-state index contributed by atoms with van der Waals surface area (Å²) < 4.78 is 7.75. The maximum atomic E-state index is 7.75. The van der Waals surface area contributed by atoms with E-state index in [0.717, 1.165) is 43.9 Å². The summed E-state index contributed by atoms with van der Waals surface area (Å²) in [7, 11) is 0. The molecule has 0 bridgehead atoms. The summed E-state index contributed by atoms with van der Waals surface area (Å²) in [6, 6.07) is 53.5. The Hall–Kier alpha value is -4.52. The number of aliphatic imine (C=N–C) groups is 1. The molecule has 0 radical (unpaired) electrons. The second kappa shape index (κ2) is 10.8. The second-order valence-electron chi connectivity index (χ2n) is 10.6. The van der Waals surface area contributed by atoms with Gasteiger partial charge in [-0.15, -0.1) is 0 Å². The SMILES string of the molecule is CC(C)=C(N=C1OP(c2ccccc2)(c2ccccc2)(c2ccccc2)C(c2ccccc2)=C1C)c1ccccc1. The molecule has 1 aliphatic heterocycles. The first-order chi connectivity index (χ1) is 20.1. The van der Waals surface area contributed by atoms with Crippen LogP contribution in [-0.4, -0.2) is 5.90 Å². The van der Waals surface area contributed by atoms with Crippen LogP contribution in [-0.2, 0) is 4.52 Å². The fraction of sp³-hybridized carbons (Fsp3) is 0.0789. The molecule has 1 aliphatic rings. The summed E-state index contributed by atoms with van der Waals surface area (Å²) in [4.78, 5) is 5.37. The Balaban J connectivity index is 1.81. The van der Waals surface area contributed by atoms with Crippen LogP contribution in [0.2, 0.25) is 0 Å². The number of hydrogen-bond acceptors (Lipinski definition) is 2. The predicted molar refractivity (Wildman–Crippen MR) is 177 cm³/mol. The van der Waals surface area contributed by atoms with Gasteiger partial charge in [0.2, 0.25) is 0 Å². The van der Waals surface area contributed by atoms with Crippen LogP contribution in [0, 0.1) is 0 Å². The van der Waals surface area contributed by atoms with E-state index in [1.807, 2.05) is 6.07 Å². The summed E-state index contributed by atoms with van der Waals surface area (Å²) in [5.41, 5.74) is 5.33. The molecular weight excluding hydrogens is 517 g/mol. The Morgan fingerprint density at radius 1 is 0.537 bits per heavy atom. The fourth-order valence-electron chi connectivity index (χ4n) is 6.16. The first-order valence-corrected chi connectivity index (χ1v) is 16.2. The van der Waals surface area contributed by atoms with Crippen LogP contribution in [0.25, 0.3) is 11.0 Å². The molecule has 0 aromatic heterocycles. The molecule has 0 unspecified atom stereocenters. The van der Waals surface area contributed by atoms with E-state index in [0.29, 0.717) is 5.90 Å². The van der Waals surface area contributed by atoms with E-state index >= 15 is 0 Å². The van der Waals surface area contributed by atoms with Gasteiger partial charge in [-0.25, -0.2) is 0 Å². The molecule has 6 rings (SSSR count). The Kier molecular flexibility index (Phi) is 7.03. The number of hydrogen-bond donors (Lipinski definition) is 0. The van der Waals surface area contributed by atoms with E-state index in [4.69, 9.17) is 9.52 Å². The monoisotopic (exact) mass is 551 g/mol. The van der Waals surface area contributed by atoms with E-state index in [2.05, 4.69) is 166 Å². The molecule has 3 heteroatoms. The third-order valence-corrected chi connectivity index (χ3v) is 13.7. The summed E-state index contributed by atoms with van der Waals surface area (Å²) in [5.74, 6) is 0.665. The maximum absolute atomic E-state index is 7.75. The summed E-state index contributed by atoms with van der Waals surface area (Å²) in [6.07, 6.45) is 0. The molecular formula is C38H34NOP. The minimum absolute atomic E-state index is 0.665. The van der Waals surface area contributed by atoms with Gasteiger partial charge in [-0.3, -0.25) is 0 Å². The summed E-state index contributed by atoms with van der Waals surface area (Å²) >= 11 is 0. The van der Waals surface area contributed by atoms with Crippen LogP contribution < -0.4 is 15.9 Å². The zero-order valence-corrected chi connectivity index (χ0v) is 24.6. The molecule has 0 atom stereocenters. The van der Waals surface area contributed by atoms with Crippen molar-refractivity contribution in [2.45, 2.75) is 20.8 Å². The number of allylic oxidation sites excluding steroid dienone is 1. The standard InChI is InChI=1S/C38H34NOP/c1-29(2)36(31-19-9-4-10-20-31)39-38-30(3)37(32-21-11-5-12-22-32)41(40-38,33-23-13-6-14-24-33,34-25-15-7-16-26-34)35-27-17-8-18-28-35/h4-28H,1-3H3. The van der Waals surface area contributed by atoms with Gasteiger partial charge in [-0.1, -0.05) is 0 Å². The topological polar surface area (TPSA) is 21.6 Å². The van der Waals surface area contributed by atoms with Crippen LogP contribution in [0.3, 0.4) is 0 Å². The van der Waals surface area contributed by atoms with Crippen molar-refractivity contribution in [3.05, 3.63) is 174 Å². The van der Waals surface area contributed by atoms with E-state index in [1.165, 1.54) is 5.31 Å². The predicted octanol–water partition coefficient (Wildman–Crippen LogP) is 8.74. The molecule has 0 spiro atoms. The van der Waals surface area contributed by atoms with E-state index < -0.39 is 6.83 Å². The molecule has 0 saturated heterocycles. The van der Waals surface area contributed by atoms with Crippen LogP contribution in [0.15, 0.2) is 168 Å². The number of benzene rings is 5. The molecule has 0 amide bonds. The van der Waals surface area contributed by atoms with Gasteiger partial charge >= 0.3 is 244 Å². The Morgan fingerprint density at radius 2 is 0.927 bits per heavy atom. The zero-order chi connectivity index (χ0) is 28.3. The van der Waals surface area contributed by atoms with Crippen molar-refractivity contribution in [2.24, 2.45) is 4.99 Å². The van der Waals surface area contributed by atoms with Gasteiger partial charge in [-0.2, -0.15) is 0 Å². The van der Waals surface area contributed by atoms with Crippen LogP contribution in [0.5, 0.6) is 0 Å². The fourth-order valence-corrected chi connectivity index (χ4v) is 12.4. The van der Waals surface area contributed by atoms with E-state index in [-0.39, 0.29) is 0 Å². The quantitative estimate of drug-likeness (QED) is 0.193.